The van der Waals surface area contributed by atoms with Gasteiger partial charge >= 0.3 is 0 Å². The fourth-order valence-electron chi connectivity index (χ4n) is 1.97. The monoisotopic (exact) mass is 318 g/mol. The van der Waals surface area contributed by atoms with Crippen molar-refractivity contribution in [1.29, 1.82) is 0 Å². The van der Waals surface area contributed by atoms with Crippen molar-refractivity contribution in [2.75, 3.05) is 13.1 Å². The van der Waals surface area contributed by atoms with Crippen LogP contribution in [0.2, 0.25) is 0 Å². The summed E-state index contributed by atoms with van der Waals surface area (Å²) in [5.74, 6) is 0. The zero-order valence-electron chi connectivity index (χ0n) is 12.8. The minimum atomic E-state index is -3.36. The molecule has 0 aliphatic rings. The van der Waals surface area contributed by atoms with Crippen LogP contribution >= 0.6 is 11.3 Å². The van der Waals surface area contributed by atoms with Crippen LogP contribution in [0.1, 0.15) is 45.4 Å². The molecule has 1 heterocycles. The van der Waals surface area contributed by atoms with Crippen LogP contribution in [0.4, 0.5) is 0 Å². The van der Waals surface area contributed by atoms with Crippen molar-refractivity contribution in [2.24, 2.45) is 0 Å². The Morgan fingerprint density at radius 2 is 1.85 bits per heavy atom. The Bertz CT molecular complexity index is 489. The van der Waals surface area contributed by atoms with Crippen LogP contribution in [0.25, 0.3) is 0 Å². The average Bonchev–Trinajstić information content (AvgIpc) is 2.85. The molecule has 0 aliphatic carbocycles. The largest absolute Gasteiger partial charge is 0.310 e. The van der Waals surface area contributed by atoms with Gasteiger partial charge in [0.2, 0.25) is 10.0 Å². The first-order chi connectivity index (χ1) is 9.43. The Balaban J connectivity index is 2.99. The molecule has 0 fully saturated rings. The Kier molecular flexibility index (Phi) is 7.15. The molecule has 1 N–H and O–H groups in total. The summed E-state index contributed by atoms with van der Waals surface area (Å²) in [6.07, 6.45) is 1.67. The number of rotatable bonds is 9. The van der Waals surface area contributed by atoms with E-state index in [9.17, 15) is 8.42 Å². The summed E-state index contributed by atoms with van der Waals surface area (Å²) in [6, 6.07) is 2.07. The highest BCUT2D eigenvalue weighted by molar-refractivity contribution is 7.89. The standard InChI is InChI=1S/C14H26N2O2S2/c1-5-8-16(9-6-2)20(17,18)14-7-10-19-13(14)11-15-12(3)4/h7,10,12,15H,5-6,8-9,11H2,1-4H3. The van der Waals surface area contributed by atoms with E-state index in [0.717, 1.165) is 17.7 Å². The molecule has 20 heavy (non-hydrogen) atoms. The lowest BCUT2D eigenvalue weighted by Gasteiger charge is -2.21. The maximum Gasteiger partial charge on any atom is 0.244 e. The molecule has 0 bridgehead atoms. The van der Waals surface area contributed by atoms with E-state index in [1.807, 2.05) is 19.2 Å². The van der Waals surface area contributed by atoms with Gasteiger partial charge in [-0.2, -0.15) is 4.31 Å². The summed E-state index contributed by atoms with van der Waals surface area (Å²) in [6.45, 7) is 9.91. The van der Waals surface area contributed by atoms with Crippen LogP contribution in [0.15, 0.2) is 16.3 Å². The van der Waals surface area contributed by atoms with Gasteiger partial charge < -0.3 is 5.32 Å². The van der Waals surface area contributed by atoms with Crippen LogP contribution in [0.5, 0.6) is 0 Å². The van der Waals surface area contributed by atoms with E-state index in [0.29, 0.717) is 30.6 Å². The fraction of sp³-hybridized carbons (Fsp3) is 0.714. The predicted octanol–water partition coefficient (Wildman–Crippen LogP) is 3.06. The lowest BCUT2D eigenvalue weighted by molar-refractivity contribution is 0.409. The van der Waals surface area contributed by atoms with Crippen molar-refractivity contribution in [3.63, 3.8) is 0 Å². The molecule has 0 atom stereocenters. The van der Waals surface area contributed by atoms with Gasteiger partial charge in [-0.1, -0.05) is 27.7 Å². The van der Waals surface area contributed by atoms with Gasteiger partial charge in [0, 0.05) is 30.6 Å². The van der Waals surface area contributed by atoms with Gasteiger partial charge in [0.1, 0.15) is 0 Å². The number of thiophene rings is 1. The normalized spacial score (nSPS) is 12.5. The molecule has 4 nitrogen and oxygen atoms in total. The van der Waals surface area contributed by atoms with Crippen molar-refractivity contribution in [3.05, 3.63) is 16.3 Å². The quantitative estimate of drug-likeness (QED) is 0.761. The second-order valence-electron chi connectivity index (χ2n) is 5.15. The minimum absolute atomic E-state index is 0.343. The summed E-state index contributed by atoms with van der Waals surface area (Å²) in [4.78, 5) is 1.37. The second-order valence-corrected chi connectivity index (χ2v) is 8.05. The number of nitrogens with zero attached hydrogens (tertiary/aromatic N) is 1. The van der Waals surface area contributed by atoms with Gasteiger partial charge in [-0.15, -0.1) is 11.3 Å². The molecule has 0 spiro atoms. The first kappa shape index (κ1) is 17.6. The van der Waals surface area contributed by atoms with E-state index in [1.165, 1.54) is 11.3 Å². The summed E-state index contributed by atoms with van der Waals surface area (Å²) in [5.41, 5.74) is 0. The molecule has 1 aromatic rings. The molecular formula is C14H26N2O2S2. The van der Waals surface area contributed by atoms with E-state index >= 15 is 0 Å². The molecule has 0 radical (unpaired) electrons. The molecule has 0 aromatic carbocycles. The fourth-order valence-corrected chi connectivity index (χ4v) is 4.96. The molecular weight excluding hydrogens is 292 g/mol. The number of sulfonamides is 1. The Hall–Kier alpha value is -0.430. The van der Waals surface area contributed by atoms with Crippen LogP contribution in [-0.4, -0.2) is 31.9 Å². The maximum absolute atomic E-state index is 12.7. The Morgan fingerprint density at radius 1 is 1.25 bits per heavy atom. The van der Waals surface area contributed by atoms with Crippen molar-refractivity contribution in [1.82, 2.24) is 9.62 Å². The van der Waals surface area contributed by atoms with Crippen molar-refractivity contribution >= 4 is 21.4 Å². The molecule has 1 rings (SSSR count). The molecule has 1 aromatic heterocycles. The molecule has 6 heteroatoms. The number of hydrogen-bond donors (Lipinski definition) is 1. The highest BCUT2D eigenvalue weighted by Gasteiger charge is 2.26. The SMILES string of the molecule is CCCN(CCC)S(=O)(=O)c1ccsc1CNC(C)C. The van der Waals surface area contributed by atoms with Gasteiger partial charge in [0.15, 0.2) is 0 Å². The topological polar surface area (TPSA) is 49.4 Å². The Morgan fingerprint density at radius 3 is 2.35 bits per heavy atom. The van der Waals surface area contributed by atoms with Gasteiger partial charge in [-0.25, -0.2) is 8.42 Å². The van der Waals surface area contributed by atoms with Gasteiger partial charge in [-0.05, 0) is 24.3 Å². The van der Waals surface area contributed by atoms with E-state index in [1.54, 1.807) is 10.4 Å². The number of nitrogens with one attached hydrogen (secondary N) is 1. The third-order valence-corrected chi connectivity index (χ3v) is 5.97. The van der Waals surface area contributed by atoms with E-state index in [2.05, 4.69) is 19.2 Å². The van der Waals surface area contributed by atoms with E-state index in [-0.39, 0.29) is 0 Å². The zero-order valence-corrected chi connectivity index (χ0v) is 14.5. The number of hydrogen-bond acceptors (Lipinski definition) is 4. The second kappa shape index (κ2) is 8.12. The van der Waals surface area contributed by atoms with Gasteiger partial charge in [-0.3, -0.25) is 0 Å². The first-order valence-corrected chi connectivity index (χ1v) is 9.55. The molecule has 0 aliphatic heterocycles. The van der Waals surface area contributed by atoms with E-state index in [4.69, 9.17) is 0 Å². The molecule has 0 saturated carbocycles. The van der Waals surface area contributed by atoms with Crippen LogP contribution in [-0.2, 0) is 16.6 Å². The first-order valence-electron chi connectivity index (χ1n) is 7.23. The average molecular weight is 319 g/mol. The van der Waals surface area contributed by atoms with Gasteiger partial charge in [0.05, 0.1) is 4.90 Å². The minimum Gasteiger partial charge on any atom is -0.310 e. The lowest BCUT2D eigenvalue weighted by Crippen LogP contribution is -2.33. The molecule has 0 amide bonds. The van der Waals surface area contributed by atoms with Crippen LogP contribution < -0.4 is 5.32 Å². The third-order valence-electron chi connectivity index (χ3n) is 2.94. The van der Waals surface area contributed by atoms with E-state index < -0.39 is 10.0 Å². The predicted molar refractivity (Wildman–Crippen MR) is 85.6 cm³/mol. The Labute approximate surface area is 127 Å². The molecule has 0 saturated heterocycles. The highest BCUT2D eigenvalue weighted by Crippen LogP contribution is 2.25. The smallest absolute Gasteiger partial charge is 0.244 e. The van der Waals surface area contributed by atoms with Gasteiger partial charge in [0.25, 0.3) is 0 Å². The van der Waals surface area contributed by atoms with Crippen molar-refractivity contribution < 1.29 is 8.42 Å². The van der Waals surface area contributed by atoms with Crippen molar-refractivity contribution in [3.8, 4) is 0 Å². The van der Waals surface area contributed by atoms with Crippen LogP contribution in [0.3, 0.4) is 0 Å². The summed E-state index contributed by atoms with van der Waals surface area (Å²) in [5, 5.41) is 5.15. The summed E-state index contributed by atoms with van der Waals surface area (Å²) < 4.78 is 27.1. The zero-order chi connectivity index (χ0) is 15.2. The molecule has 0 unspecified atom stereocenters. The third kappa shape index (κ3) is 4.55. The summed E-state index contributed by atoms with van der Waals surface area (Å²) >= 11 is 1.50. The molecule has 116 valence electrons. The van der Waals surface area contributed by atoms with Crippen molar-refractivity contribution in [2.45, 2.75) is 58.0 Å². The summed E-state index contributed by atoms with van der Waals surface area (Å²) in [7, 11) is -3.36. The maximum atomic E-state index is 12.7. The van der Waals surface area contributed by atoms with Crippen LogP contribution in [0, 0.1) is 0 Å². The lowest BCUT2D eigenvalue weighted by atomic mass is 10.4. The highest BCUT2D eigenvalue weighted by atomic mass is 32.2.